The fourth-order valence-electron chi connectivity index (χ4n) is 2.97. The molecular weight excluding hydrogens is 308 g/mol. The Balaban J connectivity index is 1.75. The molecule has 2 aromatic carbocycles. The molecule has 3 nitrogen and oxygen atoms in total. The zero-order valence-electron chi connectivity index (χ0n) is 15.6. The molecule has 1 unspecified atom stereocenters. The number of aliphatic hydroxyl groups excluding tert-OH is 1. The van der Waals surface area contributed by atoms with E-state index in [1.807, 2.05) is 6.07 Å². The van der Waals surface area contributed by atoms with E-state index in [0.717, 1.165) is 45.3 Å². The van der Waals surface area contributed by atoms with Crippen molar-refractivity contribution in [1.29, 1.82) is 0 Å². The molecule has 0 aliphatic heterocycles. The maximum absolute atomic E-state index is 10.3. The van der Waals surface area contributed by atoms with E-state index >= 15 is 0 Å². The van der Waals surface area contributed by atoms with Gasteiger partial charge in [-0.25, -0.2) is 0 Å². The summed E-state index contributed by atoms with van der Waals surface area (Å²) in [7, 11) is 4.22. The van der Waals surface area contributed by atoms with Gasteiger partial charge in [-0.05, 0) is 57.5 Å². The maximum atomic E-state index is 10.3. The standard InChI is InChI=1S/C22H32N2O/c1-23(2)18-19-24(21-12-7-4-8-13-21)17-9-14-22(25)16-15-20-10-5-3-6-11-20/h3-8,10-13,22,25H,9,14-19H2,1-2H3. The average molecular weight is 341 g/mol. The second-order valence-electron chi connectivity index (χ2n) is 6.95. The molecule has 0 heterocycles. The van der Waals surface area contributed by atoms with Crippen LogP contribution >= 0.6 is 0 Å². The normalized spacial score (nSPS) is 12.3. The summed E-state index contributed by atoms with van der Waals surface area (Å²) in [6.07, 6.45) is 3.45. The summed E-state index contributed by atoms with van der Waals surface area (Å²) < 4.78 is 0. The van der Waals surface area contributed by atoms with Crippen molar-refractivity contribution in [1.82, 2.24) is 4.90 Å². The van der Waals surface area contributed by atoms with Gasteiger partial charge >= 0.3 is 0 Å². The zero-order valence-corrected chi connectivity index (χ0v) is 15.6. The minimum Gasteiger partial charge on any atom is -0.393 e. The molecule has 136 valence electrons. The first kappa shape index (κ1) is 19.5. The van der Waals surface area contributed by atoms with Crippen LogP contribution in [-0.4, -0.2) is 49.8 Å². The topological polar surface area (TPSA) is 26.7 Å². The fourth-order valence-corrected chi connectivity index (χ4v) is 2.97. The number of anilines is 1. The number of aliphatic hydroxyl groups is 1. The molecule has 0 saturated carbocycles. The minimum absolute atomic E-state index is 0.216. The molecule has 2 rings (SSSR count). The summed E-state index contributed by atoms with van der Waals surface area (Å²) in [5.41, 5.74) is 2.57. The molecule has 1 N–H and O–H groups in total. The largest absolute Gasteiger partial charge is 0.393 e. The first-order valence-corrected chi connectivity index (χ1v) is 9.32. The van der Waals surface area contributed by atoms with Crippen LogP contribution in [0.2, 0.25) is 0 Å². The molecule has 0 spiro atoms. The van der Waals surface area contributed by atoms with E-state index < -0.39 is 0 Å². The number of aryl methyl sites for hydroxylation is 1. The summed E-state index contributed by atoms with van der Waals surface area (Å²) in [5, 5.41) is 10.3. The smallest absolute Gasteiger partial charge is 0.0544 e. The lowest BCUT2D eigenvalue weighted by Gasteiger charge is -2.27. The number of benzene rings is 2. The Bertz CT molecular complexity index is 571. The van der Waals surface area contributed by atoms with Crippen molar-refractivity contribution in [2.45, 2.75) is 31.8 Å². The van der Waals surface area contributed by atoms with Gasteiger partial charge in [0.15, 0.2) is 0 Å². The van der Waals surface area contributed by atoms with Crippen molar-refractivity contribution in [2.75, 3.05) is 38.6 Å². The van der Waals surface area contributed by atoms with Gasteiger partial charge in [-0.15, -0.1) is 0 Å². The number of para-hydroxylation sites is 1. The van der Waals surface area contributed by atoms with Crippen LogP contribution in [0.15, 0.2) is 60.7 Å². The van der Waals surface area contributed by atoms with Crippen molar-refractivity contribution >= 4 is 5.69 Å². The lowest BCUT2D eigenvalue weighted by atomic mass is 10.0. The first-order valence-electron chi connectivity index (χ1n) is 9.32. The van der Waals surface area contributed by atoms with Gasteiger partial charge in [0.2, 0.25) is 0 Å². The van der Waals surface area contributed by atoms with Gasteiger partial charge in [0.1, 0.15) is 0 Å². The summed E-state index contributed by atoms with van der Waals surface area (Å²) in [5.74, 6) is 0. The molecule has 0 fully saturated rings. The highest BCUT2D eigenvalue weighted by atomic mass is 16.3. The Morgan fingerprint density at radius 1 is 0.800 bits per heavy atom. The fraction of sp³-hybridized carbons (Fsp3) is 0.455. The van der Waals surface area contributed by atoms with E-state index in [0.29, 0.717) is 0 Å². The van der Waals surface area contributed by atoms with Crippen molar-refractivity contribution in [3.8, 4) is 0 Å². The van der Waals surface area contributed by atoms with Gasteiger partial charge in [0.25, 0.3) is 0 Å². The highest BCUT2D eigenvalue weighted by Gasteiger charge is 2.09. The van der Waals surface area contributed by atoms with Gasteiger partial charge in [-0.1, -0.05) is 48.5 Å². The summed E-state index contributed by atoms with van der Waals surface area (Å²) in [4.78, 5) is 4.63. The van der Waals surface area contributed by atoms with Crippen LogP contribution < -0.4 is 4.90 Å². The second-order valence-corrected chi connectivity index (χ2v) is 6.95. The van der Waals surface area contributed by atoms with E-state index in [4.69, 9.17) is 0 Å². The molecule has 0 bridgehead atoms. The molecule has 0 saturated heterocycles. The van der Waals surface area contributed by atoms with Gasteiger partial charge in [0.05, 0.1) is 6.10 Å². The zero-order chi connectivity index (χ0) is 17.9. The maximum Gasteiger partial charge on any atom is 0.0544 e. The van der Waals surface area contributed by atoms with Crippen LogP contribution in [-0.2, 0) is 6.42 Å². The minimum atomic E-state index is -0.216. The molecule has 0 amide bonds. The molecule has 0 radical (unpaired) electrons. The number of hydrogen-bond donors (Lipinski definition) is 1. The number of likely N-dealkylation sites (N-methyl/N-ethyl adjacent to an activating group) is 1. The van der Waals surface area contributed by atoms with Crippen molar-refractivity contribution in [3.05, 3.63) is 66.2 Å². The van der Waals surface area contributed by atoms with Crippen molar-refractivity contribution in [2.24, 2.45) is 0 Å². The van der Waals surface area contributed by atoms with Crippen LogP contribution in [0.4, 0.5) is 5.69 Å². The Morgan fingerprint density at radius 3 is 2.08 bits per heavy atom. The Labute approximate surface area is 152 Å². The third kappa shape index (κ3) is 7.72. The summed E-state index contributed by atoms with van der Waals surface area (Å²) >= 11 is 0. The molecule has 3 heteroatoms. The second kappa shape index (κ2) is 10.9. The summed E-state index contributed by atoms with van der Waals surface area (Å²) in [6.45, 7) is 3.03. The van der Waals surface area contributed by atoms with Crippen LogP contribution in [0.3, 0.4) is 0 Å². The molecular formula is C22H32N2O. The molecule has 2 aromatic rings. The Hall–Kier alpha value is -1.84. The molecule has 25 heavy (non-hydrogen) atoms. The number of hydrogen-bond acceptors (Lipinski definition) is 3. The van der Waals surface area contributed by atoms with Crippen LogP contribution in [0.1, 0.15) is 24.8 Å². The predicted octanol–water partition coefficient (Wildman–Crippen LogP) is 3.83. The quantitative estimate of drug-likeness (QED) is 0.673. The van der Waals surface area contributed by atoms with Crippen LogP contribution in [0.25, 0.3) is 0 Å². The van der Waals surface area contributed by atoms with Gasteiger partial charge in [-0.3, -0.25) is 0 Å². The van der Waals surface area contributed by atoms with E-state index in [9.17, 15) is 5.11 Å². The molecule has 1 atom stereocenters. The van der Waals surface area contributed by atoms with E-state index in [1.54, 1.807) is 0 Å². The number of nitrogens with zero attached hydrogens (tertiary/aromatic N) is 2. The van der Waals surface area contributed by atoms with E-state index in [2.05, 4.69) is 78.5 Å². The van der Waals surface area contributed by atoms with Crippen LogP contribution in [0, 0.1) is 0 Å². The molecule has 0 aliphatic rings. The summed E-state index contributed by atoms with van der Waals surface area (Å²) in [6, 6.07) is 21.0. The van der Waals surface area contributed by atoms with Gasteiger partial charge in [0, 0.05) is 25.3 Å². The lowest BCUT2D eigenvalue weighted by molar-refractivity contribution is 0.153. The van der Waals surface area contributed by atoms with E-state index in [1.165, 1.54) is 11.3 Å². The Morgan fingerprint density at radius 2 is 1.44 bits per heavy atom. The molecule has 0 aliphatic carbocycles. The predicted molar refractivity (Wildman–Crippen MR) is 107 cm³/mol. The SMILES string of the molecule is CN(C)CCN(CCCC(O)CCc1ccccc1)c1ccccc1. The molecule has 0 aromatic heterocycles. The third-order valence-electron chi connectivity index (χ3n) is 4.51. The highest BCUT2D eigenvalue weighted by molar-refractivity contribution is 5.45. The van der Waals surface area contributed by atoms with E-state index in [-0.39, 0.29) is 6.10 Å². The van der Waals surface area contributed by atoms with Gasteiger partial charge in [-0.2, -0.15) is 0 Å². The third-order valence-corrected chi connectivity index (χ3v) is 4.51. The number of rotatable bonds is 11. The average Bonchev–Trinajstić information content (AvgIpc) is 2.64. The van der Waals surface area contributed by atoms with Gasteiger partial charge < -0.3 is 14.9 Å². The van der Waals surface area contributed by atoms with Crippen molar-refractivity contribution < 1.29 is 5.11 Å². The van der Waals surface area contributed by atoms with Crippen molar-refractivity contribution in [3.63, 3.8) is 0 Å². The first-order chi connectivity index (χ1) is 12.1. The lowest BCUT2D eigenvalue weighted by Crippen LogP contribution is -2.32. The monoisotopic (exact) mass is 340 g/mol. The Kier molecular flexibility index (Phi) is 8.50. The van der Waals surface area contributed by atoms with Crippen LogP contribution in [0.5, 0.6) is 0 Å². The highest BCUT2D eigenvalue weighted by Crippen LogP contribution is 2.15.